The van der Waals surface area contributed by atoms with E-state index in [1.54, 1.807) is 0 Å². The van der Waals surface area contributed by atoms with Crippen LogP contribution in [0.4, 0.5) is 17.1 Å². The van der Waals surface area contributed by atoms with E-state index in [4.69, 9.17) is 11.3 Å². The molecule has 9 rings (SSSR count). The van der Waals surface area contributed by atoms with Crippen LogP contribution in [0.25, 0.3) is 66.4 Å². The fourth-order valence-electron chi connectivity index (χ4n) is 6.73. The van der Waals surface area contributed by atoms with Crippen molar-refractivity contribution >= 4 is 39.0 Å². The van der Waals surface area contributed by atoms with Crippen molar-refractivity contribution in [2.45, 2.75) is 0 Å². The molecule has 0 unspecified atom stereocenters. The second-order valence-corrected chi connectivity index (χ2v) is 12.2. The molecule has 9 aromatic rings. The van der Waals surface area contributed by atoms with Gasteiger partial charge in [-0.25, -0.2) is 0 Å². The smallest absolute Gasteiger partial charge is 0.137 e. The minimum atomic E-state index is -0.408. The van der Waals surface area contributed by atoms with Crippen LogP contribution >= 0.6 is 0 Å². The number of fused-ring (bicyclic) bond motifs is 3. The molecule has 236 valence electrons. The summed E-state index contributed by atoms with van der Waals surface area (Å²) in [6.45, 7) is 0. The number of furan rings is 1. The van der Waals surface area contributed by atoms with Crippen molar-refractivity contribution in [3.63, 3.8) is 0 Å². The van der Waals surface area contributed by atoms with Gasteiger partial charge in [0.2, 0.25) is 0 Å². The standard InChI is InChI=1S/C48H33NO/c1-4-12-34(13-5-1)35-20-25-40(26-21-35)49(42-29-31-45-44-18-10-11-19-47(44)50-48(45)33-42)41-27-22-36(23-28-41)39-24-30-43(37-14-6-2-7-15-37)46(32-39)38-16-8-3-9-17-38/h1-33H/i1D,4D,5D,12D,13D. The van der Waals surface area contributed by atoms with Gasteiger partial charge in [-0.05, 0) is 93.0 Å². The molecule has 50 heavy (non-hydrogen) atoms. The number of para-hydroxylation sites is 1. The summed E-state index contributed by atoms with van der Waals surface area (Å²) in [6.07, 6.45) is 0. The van der Waals surface area contributed by atoms with Crippen LogP contribution in [-0.4, -0.2) is 0 Å². The van der Waals surface area contributed by atoms with Gasteiger partial charge in [0.05, 0.1) is 6.85 Å². The zero-order valence-corrected chi connectivity index (χ0v) is 27.0. The van der Waals surface area contributed by atoms with Gasteiger partial charge in [0.25, 0.3) is 0 Å². The Bertz CT molecular complexity index is 2820. The molecule has 0 fully saturated rings. The lowest BCUT2D eigenvalue weighted by Gasteiger charge is -2.26. The van der Waals surface area contributed by atoms with E-state index in [2.05, 4.69) is 114 Å². The molecule has 0 aliphatic carbocycles. The molecule has 0 saturated heterocycles. The third kappa shape index (κ3) is 5.53. The van der Waals surface area contributed by atoms with Crippen molar-refractivity contribution in [1.29, 1.82) is 0 Å². The van der Waals surface area contributed by atoms with Gasteiger partial charge < -0.3 is 9.32 Å². The zero-order chi connectivity index (χ0) is 37.6. The first-order valence-electron chi connectivity index (χ1n) is 19.1. The minimum Gasteiger partial charge on any atom is -0.456 e. The van der Waals surface area contributed by atoms with Crippen molar-refractivity contribution in [2.75, 3.05) is 4.90 Å². The summed E-state index contributed by atoms with van der Waals surface area (Å²) >= 11 is 0. The highest BCUT2D eigenvalue weighted by Crippen LogP contribution is 2.41. The van der Waals surface area contributed by atoms with Crippen LogP contribution in [-0.2, 0) is 0 Å². The van der Waals surface area contributed by atoms with E-state index in [0.29, 0.717) is 5.56 Å². The number of hydrogen-bond donors (Lipinski definition) is 0. The summed E-state index contributed by atoms with van der Waals surface area (Å²) in [5, 5.41) is 2.08. The quantitative estimate of drug-likeness (QED) is 0.172. The van der Waals surface area contributed by atoms with Crippen molar-refractivity contribution in [1.82, 2.24) is 0 Å². The second kappa shape index (κ2) is 12.8. The van der Waals surface area contributed by atoms with E-state index >= 15 is 0 Å². The molecule has 0 aliphatic rings. The van der Waals surface area contributed by atoms with Gasteiger partial charge in [0.1, 0.15) is 11.2 Å². The largest absolute Gasteiger partial charge is 0.456 e. The average molecular weight is 645 g/mol. The molecular formula is C48H33NO. The molecular weight excluding hydrogens is 607 g/mol. The highest BCUT2D eigenvalue weighted by atomic mass is 16.3. The van der Waals surface area contributed by atoms with Gasteiger partial charge in [-0.15, -0.1) is 0 Å². The third-order valence-electron chi connectivity index (χ3n) is 9.18. The summed E-state index contributed by atoms with van der Waals surface area (Å²) in [5.41, 5.74) is 11.8. The fraction of sp³-hybridized carbons (Fsp3) is 0. The topological polar surface area (TPSA) is 16.4 Å². The van der Waals surface area contributed by atoms with Gasteiger partial charge >= 0.3 is 0 Å². The molecule has 1 heterocycles. The molecule has 0 radical (unpaired) electrons. The molecule has 0 amide bonds. The summed E-state index contributed by atoms with van der Waals surface area (Å²) in [5.74, 6) is 0. The normalized spacial score (nSPS) is 12.6. The van der Waals surface area contributed by atoms with Crippen LogP contribution in [0.2, 0.25) is 0 Å². The van der Waals surface area contributed by atoms with Gasteiger partial charge in [-0.1, -0.05) is 145 Å². The van der Waals surface area contributed by atoms with Crippen LogP contribution in [0.1, 0.15) is 6.85 Å². The molecule has 0 atom stereocenters. The number of benzene rings is 8. The second-order valence-electron chi connectivity index (χ2n) is 12.2. The maximum Gasteiger partial charge on any atom is 0.137 e. The maximum absolute atomic E-state index is 8.52. The van der Waals surface area contributed by atoms with Crippen LogP contribution in [0.5, 0.6) is 0 Å². The molecule has 0 saturated carbocycles. The van der Waals surface area contributed by atoms with E-state index < -0.39 is 6.04 Å². The van der Waals surface area contributed by atoms with E-state index in [0.717, 1.165) is 66.8 Å². The first kappa shape index (κ1) is 24.5. The maximum atomic E-state index is 8.52. The predicted octanol–water partition coefficient (Wildman–Crippen LogP) is 13.7. The molecule has 8 aromatic carbocycles. The lowest BCUT2D eigenvalue weighted by atomic mass is 9.91. The molecule has 0 bridgehead atoms. The molecule has 0 spiro atoms. The Hall–Kier alpha value is -6.64. The number of anilines is 3. The molecule has 0 aliphatic heterocycles. The van der Waals surface area contributed by atoms with Gasteiger partial charge in [-0.3, -0.25) is 0 Å². The van der Waals surface area contributed by atoms with Gasteiger partial charge in [-0.2, -0.15) is 0 Å². The Morgan fingerprint density at radius 2 is 0.900 bits per heavy atom. The van der Waals surface area contributed by atoms with Crippen LogP contribution < -0.4 is 4.90 Å². The highest BCUT2D eigenvalue weighted by Gasteiger charge is 2.17. The van der Waals surface area contributed by atoms with Gasteiger partial charge in [0.15, 0.2) is 0 Å². The van der Waals surface area contributed by atoms with Crippen molar-refractivity contribution in [3.8, 4) is 44.5 Å². The van der Waals surface area contributed by atoms with Crippen molar-refractivity contribution < 1.29 is 11.3 Å². The fourth-order valence-corrected chi connectivity index (χ4v) is 6.73. The molecule has 1 aromatic heterocycles. The lowest BCUT2D eigenvalue weighted by molar-refractivity contribution is 0.669. The average Bonchev–Trinajstić information content (AvgIpc) is 3.62. The molecule has 2 heteroatoms. The zero-order valence-electron chi connectivity index (χ0n) is 32.0. The van der Waals surface area contributed by atoms with Gasteiger partial charge in [0, 0.05) is 33.9 Å². The summed E-state index contributed by atoms with van der Waals surface area (Å²) in [7, 11) is 0. The minimum absolute atomic E-state index is 0.172. The Morgan fingerprint density at radius 1 is 0.360 bits per heavy atom. The Balaban J connectivity index is 1.14. The summed E-state index contributed by atoms with van der Waals surface area (Å²) in [6, 6.07) is 56.1. The van der Waals surface area contributed by atoms with E-state index in [9.17, 15) is 0 Å². The Kier molecular flexibility index (Phi) is 6.25. The van der Waals surface area contributed by atoms with E-state index in [-0.39, 0.29) is 29.7 Å². The SMILES string of the molecule is [2H]c1c([2H])c([2H])c(-c2ccc(N(c3ccc(-c4ccc(-c5ccccc5)c(-c5ccccc5)c4)cc3)c3ccc4c(c3)oc3ccccc34)cc2)c([2H])c1[2H]. The first-order chi connectivity index (χ1) is 26.9. The van der Waals surface area contributed by atoms with Crippen molar-refractivity contribution in [2.24, 2.45) is 0 Å². The van der Waals surface area contributed by atoms with Crippen molar-refractivity contribution in [3.05, 3.63) is 200 Å². The highest BCUT2D eigenvalue weighted by molar-refractivity contribution is 6.06. The predicted molar refractivity (Wildman–Crippen MR) is 210 cm³/mol. The van der Waals surface area contributed by atoms with E-state index in [1.807, 2.05) is 60.7 Å². The molecule has 2 nitrogen and oxygen atoms in total. The summed E-state index contributed by atoms with van der Waals surface area (Å²) in [4.78, 5) is 2.13. The first-order valence-corrected chi connectivity index (χ1v) is 16.6. The van der Waals surface area contributed by atoms with E-state index in [1.165, 1.54) is 5.56 Å². The monoisotopic (exact) mass is 644 g/mol. The molecule has 0 N–H and O–H groups in total. The number of nitrogens with zero attached hydrogens (tertiary/aromatic N) is 1. The number of rotatable bonds is 7. The van der Waals surface area contributed by atoms with Crippen LogP contribution in [0.3, 0.4) is 0 Å². The third-order valence-corrected chi connectivity index (χ3v) is 9.18. The number of hydrogen-bond acceptors (Lipinski definition) is 2. The Labute approximate surface area is 299 Å². The summed E-state index contributed by atoms with van der Waals surface area (Å²) < 4.78 is 47.7. The Morgan fingerprint density at radius 3 is 1.58 bits per heavy atom. The lowest BCUT2D eigenvalue weighted by Crippen LogP contribution is -2.09. The van der Waals surface area contributed by atoms with Crippen LogP contribution in [0.15, 0.2) is 204 Å². The van der Waals surface area contributed by atoms with Crippen LogP contribution in [0, 0.1) is 0 Å².